The van der Waals surface area contributed by atoms with Crippen LogP contribution in [-0.4, -0.2) is 42.5 Å². The lowest BCUT2D eigenvalue weighted by molar-refractivity contribution is -0.134. The number of likely N-dealkylation sites (N-methyl/N-ethyl adjacent to an activating group) is 1. The smallest absolute Gasteiger partial charge is 0.311 e. The molecule has 3 rings (SSSR count). The minimum atomic E-state index is -0.247. The number of nitrogens with zero attached hydrogens (tertiary/aromatic N) is 1. The molecule has 0 aliphatic rings. The first-order chi connectivity index (χ1) is 17.3. The number of ether oxygens (including phenoxy) is 2. The number of carbonyl (C=O) groups excluding carboxylic acids is 2. The molecule has 3 aromatic rings. The number of hydrogen-bond donors (Lipinski definition) is 1. The maximum atomic E-state index is 12.5. The SMILES string of the molecule is CCCc1cc(C)c(C)c(OC(=O)CCCCCC(=O)Oc2cccc3[nH]cc(CCN(C)C)c23)c1. The third-order valence-electron chi connectivity index (χ3n) is 6.51. The summed E-state index contributed by atoms with van der Waals surface area (Å²) in [5.41, 5.74) is 5.46. The Kier molecular flexibility index (Phi) is 10.1. The number of esters is 2. The van der Waals surface area contributed by atoms with Crippen molar-refractivity contribution in [2.24, 2.45) is 0 Å². The molecular weight excluding hydrogens is 452 g/mol. The van der Waals surface area contributed by atoms with Crippen molar-refractivity contribution >= 4 is 22.8 Å². The van der Waals surface area contributed by atoms with Crippen molar-refractivity contribution in [2.75, 3.05) is 20.6 Å². The van der Waals surface area contributed by atoms with E-state index in [0.717, 1.165) is 59.8 Å². The lowest BCUT2D eigenvalue weighted by Gasteiger charge is -2.12. The van der Waals surface area contributed by atoms with Crippen molar-refractivity contribution < 1.29 is 19.1 Å². The highest BCUT2D eigenvalue weighted by Crippen LogP contribution is 2.30. The lowest BCUT2D eigenvalue weighted by atomic mass is 10.0. The van der Waals surface area contributed by atoms with Gasteiger partial charge in [-0.05, 0) is 94.1 Å². The maximum Gasteiger partial charge on any atom is 0.311 e. The van der Waals surface area contributed by atoms with Gasteiger partial charge in [0.1, 0.15) is 11.5 Å². The number of aromatic amines is 1. The molecule has 0 aliphatic carbocycles. The number of benzene rings is 2. The van der Waals surface area contributed by atoms with E-state index in [9.17, 15) is 9.59 Å². The van der Waals surface area contributed by atoms with E-state index >= 15 is 0 Å². The van der Waals surface area contributed by atoms with E-state index in [-0.39, 0.29) is 11.9 Å². The van der Waals surface area contributed by atoms with Gasteiger partial charge in [0.2, 0.25) is 0 Å². The van der Waals surface area contributed by atoms with Crippen molar-refractivity contribution in [1.29, 1.82) is 0 Å². The normalized spacial score (nSPS) is 11.3. The zero-order valence-electron chi connectivity index (χ0n) is 22.4. The number of nitrogens with one attached hydrogen (secondary N) is 1. The van der Waals surface area contributed by atoms with Gasteiger partial charge in [0.15, 0.2) is 0 Å². The summed E-state index contributed by atoms with van der Waals surface area (Å²) in [7, 11) is 4.09. The van der Waals surface area contributed by atoms with Gasteiger partial charge in [0, 0.05) is 36.5 Å². The molecule has 0 amide bonds. The number of unbranched alkanes of at least 4 members (excludes halogenated alkanes) is 2. The molecule has 1 N–H and O–H groups in total. The Morgan fingerprint density at radius 1 is 0.917 bits per heavy atom. The zero-order chi connectivity index (χ0) is 26.1. The molecule has 0 bridgehead atoms. The molecule has 0 spiro atoms. The monoisotopic (exact) mass is 492 g/mol. The Hall–Kier alpha value is -3.12. The van der Waals surface area contributed by atoms with Crippen LogP contribution in [0, 0.1) is 13.8 Å². The van der Waals surface area contributed by atoms with Gasteiger partial charge < -0.3 is 19.4 Å². The fourth-order valence-corrected chi connectivity index (χ4v) is 4.35. The van der Waals surface area contributed by atoms with Crippen LogP contribution in [0.5, 0.6) is 11.5 Å². The Balaban J connectivity index is 1.44. The molecule has 194 valence electrons. The number of hydrogen-bond acceptors (Lipinski definition) is 5. The van der Waals surface area contributed by atoms with Gasteiger partial charge in [0.25, 0.3) is 0 Å². The van der Waals surface area contributed by atoms with Gasteiger partial charge in [-0.2, -0.15) is 0 Å². The summed E-state index contributed by atoms with van der Waals surface area (Å²) in [6.45, 7) is 7.09. The standard InChI is InChI=1S/C30H40N2O4/c1-6-11-23-18-21(2)22(3)27(19-23)36-29(34)15-9-7-8-14-28(33)35-26-13-10-12-25-30(26)24(20-31-25)16-17-32(4)5/h10,12-13,18-20,31H,6-9,11,14-17H2,1-5H3. The van der Waals surface area contributed by atoms with Crippen LogP contribution in [0.4, 0.5) is 0 Å². The summed E-state index contributed by atoms with van der Waals surface area (Å²) in [5, 5.41) is 0.976. The molecule has 0 fully saturated rings. The molecule has 6 heteroatoms. The average molecular weight is 493 g/mol. The molecule has 0 unspecified atom stereocenters. The van der Waals surface area contributed by atoms with Crippen molar-refractivity contribution in [3.8, 4) is 11.5 Å². The van der Waals surface area contributed by atoms with Crippen molar-refractivity contribution in [3.63, 3.8) is 0 Å². The van der Waals surface area contributed by atoms with E-state index in [4.69, 9.17) is 9.47 Å². The summed E-state index contributed by atoms with van der Waals surface area (Å²) < 4.78 is 11.4. The number of aromatic nitrogens is 1. The van der Waals surface area contributed by atoms with Gasteiger partial charge in [-0.25, -0.2) is 0 Å². The molecular formula is C30H40N2O4. The first-order valence-corrected chi connectivity index (χ1v) is 13.0. The average Bonchev–Trinajstić information content (AvgIpc) is 3.25. The largest absolute Gasteiger partial charge is 0.426 e. The van der Waals surface area contributed by atoms with E-state index in [2.05, 4.69) is 22.9 Å². The Morgan fingerprint density at radius 2 is 1.61 bits per heavy atom. The maximum absolute atomic E-state index is 12.5. The number of carbonyl (C=O) groups is 2. The number of aryl methyl sites for hydroxylation is 2. The minimum absolute atomic E-state index is 0.224. The van der Waals surface area contributed by atoms with Gasteiger partial charge in [-0.15, -0.1) is 0 Å². The summed E-state index contributed by atoms with van der Waals surface area (Å²) in [4.78, 5) is 30.3. The van der Waals surface area contributed by atoms with E-state index < -0.39 is 0 Å². The molecule has 0 atom stereocenters. The highest BCUT2D eigenvalue weighted by atomic mass is 16.5. The fourth-order valence-electron chi connectivity index (χ4n) is 4.35. The molecule has 0 radical (unpaired) electrons. The summed E-state index contributed by atoms with van der Waals surface area (Å²) in [6, 6.07) is 9.88. The Labute approximate surface area is 215 Å². The molecule has 0 aliphatic heterocycles. The Morgan fingerprint density at radius 3 is 2.28 bits per heavy atom. The van der Waals surface area contributed by atoms with Crippen LogP contribution in [0.25, 0.3) is 10.9 Å². The van der Waals surface area contributed by atoms with E-state index in [1.807, 2.05) is 58.4 Å². The third-order valence-corrected chi connectivity index (χ3v) is 6.51. The molecule has 0 saturated carbocycles. The molecule has 1 heterocycles. The van der Waals surface area contributed by atoms with Crippen LogP contribution in [0.2, 0.25) is 0 Å². The first kappa shape index (κ1) is 27.5. The van der Waals surface area contributed by atoms with Gasteiger partial charge >= 0.3 is 11.9 Å². The third kappa shape index (κ3) is 7.69. The predicted octanol–water partition coefficient (Wildman–Crippen LogP) is 6.30. The minimum Gasteiger partial charge on any atom is -0.426 e. The lowest BCUT2D eigenvalue weighted by Crippen LogP contribution is -2.15. The van der Waals surface area contributed by atoms with Gasteiger partial charge in [-0.3, -0.25) is 9.59 Å². The predicted molar refractivity (Wildman–Crippen MR) is 145 cm³/mol. The van der Waals surface area contributed by atoms with Crippen LogP contribution in [0.1, 0.15) is 67.7 Å². The van der Waals surface area contributed by atoms with Crippen LogP contribution in [-0.2, 0) is 22.4 Å². The second-order valence-corrected chi connectivity index (χ2v) is 9.84. The topological polar surface area (TPSA) is 71.6 Å². The number of fused-ring (bicyclic) bond motifs is 1. The van der Waals surface area contributed by atoms with E-state index in [1.165, 1.54) is 5.56 Å². The highest BCUT2D eigenvalue weighted by Gasteiger charge is 2.14. The van der Waals surface area contributed by atoms with Crippen molar-refractivity contribution in [2.45, 2.75) is 72.1 Å². The number of rotatable bonds is 13. The highest BCUT2D eigenvalue weighted by molar-refractivity contribution is 5.91. The Bertz CT molecular complexity index is 1180. The van der Waals surface area contributed by atoms with Crippen molar-refractivity contribution in [1.82, 2.24) is 9.88 Å². The van der Waals surface area contributed by atoms with Gasteiger partial charge in [0.05, 0.1) is 0 Å². The van der Waals surface area contributed by atoms with Crippen LogP contribution in [0.3, 0.4) is 0 Å². The molecule has 6 nitrogen and oxygen atoms in total. The van der Waals surface area contributed by atoms with Gasteiger partial charge in [-0.1, -0.05) is 31.9 Å². The van der Waals surface area contributed by atoms with E-state index in [0.29, 0.717) is 37.2 Å². The summed E-state index contributed by atoms with van der Waals surface area (Å²) in [6.07, 6.45) is 7.67. The van der Waals surface area contributed by atoms with Crippen LogP contribution in [0.15, 0.2) is 36.5 Å². The molecule has 36 heavy (non-hydrogen) atoms. The van der Waals surface area contributed by atoms with Crippen LogP contribution >= 0.6 is 0 Å². The quantitative estimate of drug-likeness (QED) is 0.172. The fraction of sp³-hybridized carbons (Fsp3) is 0.467. The summed E-state index contributed by atoms with van der Waals surface area (Å²) >= 11 is 0. The summed E-state index contributed by atoms with van der Waals surface area (Å²) in [5.74, 6) is 0.796. The molecule has 2 aromatic carbocycles. The second kappa shape index (κ2) is 13.3. The molecule has 1 aromatic heterocycles. The first-order valence-electron chi connectivity index (χ1n) is 13.0. The second-order valence-electron chi connectivity index (χ2n) is 9.84. The number of H-pyrrole nitrogens is 1. The van der Waals surface area contributed by atoms with Crippen molar-refractivity contribution in [3.05, 3.63) is 58.8 Å². The zero-order valence-corrected chi connectivity index (χ0v) is 22.4. The molecule has 0 saturated heterocycles. The van der Waals surface area contributed by atoms with E-state index in [1.54, 1.807) is 0 Å². The van der Waals surface area contributed by atoms with Crippen LogP contribution < -0.4 is 9.47 Å².